The van der Waals surface area contributed by atoms with Crippen LogP contribution in [0.25, 0.3) is 11.0 Å². The van der Waals surface area contributed by atoms with Crippen molar-refractivity contribution in [3.8, 4) is 11.5 Å². The van der Waals surface area contributed by atoms with Gasteiger partial charge in [-0.25, -0.2) is 0 Å². The number of ketones is 1. The summed E-state index contributed by atoms with van der Waals surface area (Å²) in [5.41, 5.74) is 3.63. The molecule has 4 aromatic rings. The zero-order valence-corrected chi connectivity index (χ0v) is 21.6. The SMILES string of the molecule is COc1cc(C2c3c(oc4cc(C)c(C)cc4c3=O)C(=O)N2c2ccc(C(C)=O)cc2)cc(Br)c1O. The highest BCUT2D eigenvalue weighted by molar-refractivity contribution is 9.10. The summed E-state index contributed by atoms with van der Waals surface area (Å²) in [6, 6.07) is 12.5. The van der Waals surface area contributed by atoms with E-state index < -0.39 is 11.9 Å². The number of ether oxygens (including phenoxy) is 1. The lowest BCUT2D eigenvalue weighted by atomic mass is 9.96. The van der Waals surface area contributed by atoms with Gasteiger partial charge >= 0.3 is 0 Å². The standard InChI is InChI=1S/C28H22BrNO6/c1-13-9-19-21(10-14(13)2)36-27-23(25(19)32)24(17-11-20(29)26(33)22(12-17)35-4)30(28(27)34)18-7-5-16(6-8-18)15(3)31/h5-12,24,33H,1-4H3. The second kappa shape index (κ2) is 8.64. The highest BCUT2D eigenvalue weighted by Crippen LogP contribution is 2.45. The van der Waals surface area contributed by atoms with E-state index in [1.54, 1.807) is 48.5 Å². The Balaban J connectivity index is 1.82. The molecule has 0 saturated heterocycles. The van der Waals surface area contributed by atoms with E-state index in [0.717, 1.165) is 11.1 Å². The molecule has 7 nitrogen and oxygen atoms in total. The quantitative estimate of drug-likeness (QED) is 0.322. The molecule has 8 heteroatoms. The molecule has 0 saturated carbocycles. The molecule has 1 atom stereocenters. The van der Waals surface area contributed by atoms with Gasteiger partial charge in [-0.3, -0.25) is 19.3 Å². The van der Waals surface area contributed by atoms with Crippen molar-refractivity contribution in [3.63, 3.8) is 0 Å². The molecule has 0 radical (unpaired) electrons. The van der Waals surface area contributed by atoms with Crippen molar-refractivity contribution in [2.45, 2.75) is 26.8 Å². The van der Waals surface area contributed by atoms with E-state index in [-0.39, 0.29) is 34.0 Å². The first-order valence-corrected chi connectivity index (χ1v) is 12.0. The number of fused-ring (bicyclic) bond motifs is 2. The number of benzene rings is 3. The smallest absolute Gasteiger partial charge is 0.295 e. The fraction of sp³-hybridized carbons (Fsp3) is 0.179. The van der Waals surface area contributed by atoms with Crippen molar-refractivity contribution in [2.75, 3.05) is 12.0 Å². The first kappa shape index (κ1) is 23.8. The van der Waals surface area contributed by atoms with E-state index in [1.807, 2.05) is 13.8 Å². The van der Waals surface area contributed by atoms with Gasteiger partial charge in [0.25, 0.3) is 5.91 Å². The predicted molar refractivity (Wildman–Crippen MR) is 139 cm³/mol. The molecule has 182 valence electrons. The highest BCUT2D eigenvalue weighted by atomic mass is 79.9. The summed E-state index contributed by atoms with van der Waals surface area (Å²) in [7, 11) is 1.42. The number of rotatable bonds is 4. The third-order valence-electron chi connectivity index (χ3n) is 6.62. The number of carbonyl (C=O) groups excluding carboxylic acids is 2. The number of aromatic hydroxyl groups is 1. The Morgan fingerprint density at radius 2 is 1.72 bits per heavy atom. The Bertz CT molecular complexity index is 1640. The zero-order chi connectivity index (χ0) is 25.9. The second-order valence-corrected chi connectivity index (χ2v) is 9.70. The molecule has 1 unspecified atom stereocenters. The molecule has 1 aliphatic rings. The third kappa shape index (κ3) is 3.60. The van der Waals surface area contributed by atoms with Gasteiger partial charge in [0, 0.05) is 11.3 Å². The summed E-state index contributed by atoms with van der Waals surface area (Å²) in [4.78, 5) is 40.9. The predicted octanol–water partition coefficient (Wildman–Crippen LogP) is 5.84. The van der Waals surface area contributed by atoms with Gasteiger partial charge in [0.05, 0.1) is 28.6 Å². The number of phenols is 1. The van der Waals surface area contributed by atoms with Crippen LogP contribution in [0.5, 0.6) is 11.5 Å². The molecule has 0 fully saturated rings. The van der Waals surface area contributed by atoms with E-state index in [9.17, 15) is 19.5 Å². The van der Waals surface area contributed by atoms with Crippen LogP contribution in [-0.2, 0) is 0 Å². The van der Waals surface area contributed by atoms with Crippen molar-refractivity contribution in [2.24, 2.45) is 0 Å². The number of nitrogens with zero attached hydrogens (tertiary/aromatic N) is 1. The van der Waals surface area contributed by atoms with Gasteiger partial charge in [-0.15, -0.1) is 0 Å². The Labute approximate surface area is 215 Å². The maximum atomic E-state index is 13.9. The number of amides is 1. The first-order valence-electron chi connectivity index (χ1n) is 11.2. The van der Waals surface area contributed by atoms with E-state index >= 15 is 0 Å². The molecule has 1 amide bonds. The van der Waals surface area contributed by atoms with Gasteiger partial charge in [0.15, 0.2) is 22.7 Å². The number of hydrogen-bond donors (Lipinski definition) is 1. The lowest BCUT2D eigenvalue weighted by Crippen LogP contribution is -2.29. The van der Waals surface area contributed by atoms with Crippen LogP contribution in [0.2, 0.25) is 0 Å². The van der Waals surface area contributed by atoms with Gasteiger partial charge in [0.2, 0.25) is 5.76 Å². The molecule has 1 N–H and O–H groups in total. The molecule has 3 aromatic carbocycles. The van der Waals surface area contributed by atoms with E-state index in [4.69, 9.17) is 9.15 Å². The van der Waals surface area contributed by atoms with Crippen LogP contribution in [0, 0.1) is 13.8 Å². The fourth-order valence-corrected chi connectivity index (χ4v) is 5.03. The molecule has 0 bridgehead atoms. The number of methoxy groups -OCH3 is 1. The molecule has 36 heavy (non-hydrogen) atoms. The molecule has 0 aliphatic carbocycles. The van der Waals surface area contributed by atoms with Gasteiger partial charge in [-0.05, 0) is 102 Å². The molecular weight excluding hydrogens is 526 g/mol. The number of phenolic OH excluding ortho intramolecular Hbond substituents is 1. The van der Waals surface area contributed by atoms with Crippen LogP contribution in [0.15, 0.2) is 62.2 Å². The van der Waals surface area contributed by atoms with Crippen molar-refractivity contribution >= 4 is 44.3 Å². The molecule has 5 rings (SSSR count). The molecule has 1 aromatic heterocycles. The number of hydrogen-bond acceptors (Lipinski definition) is 6. The normalized spacial score (nSPS) is 14.9. The van der Waals surface area contributed by atoms with Crippen molar-refractivity contribution in [1.29, 1.82) is 0 Å². The number of anilines is 1. The molecule has 1 aliphatic heterocycles. The minimum Gasteiger partial charge on any atom is -0.503 e. The van der Waals surface area contributed by atoms with Crippen molar-refractivity contribution in [3.05, 3.63) is 96.8 Å². The van der Waals surface area contributed by atoms with E-state index in [1.165, 1.54) is 18.9 Å². The second-order valence-electron chi connectivity index (χ2n) is 8.84. The van der Waals surface area contributed by atoms with E-state index in [0.29, 0.717) is 32.3 Å². The maximum Gasteiger partial charge on any atom is 0.295 e. The lowest BCUT2D eigenvalue weighted by Gasteiger charge is -2.26. The number of Topliss-reactive ketones (excluding diaryl/α,β-unsaturated/α-hetero) is 1. The van der Waals surface area contributed by atoms with Gasteiger partial charge in [0.1, 0.15) is 5.58 Å². The van der Waals surface area contributed by atoms with Crippen LogP contribution in [-0.4, -0.2) is 23.9 Å². The van der Waals surface area contributed by atoms with Gasteiger partial charge in [-0.2, -0.15) is 0 Å². The van der Waals surface area contributed by atoms with Crippen LogP contribution in [0.1, 0.15) is 56.1 Å². The van der Waals surface area contributed by atoms with Crippen LogP contribution >= 0.6 is 15.9 Å². The van der Waals surface area contributed by atoms with Crippen LogP contribution in [0.3, 0.4) is 0 Å². The summed E-state index contributed by atoms with van der Waals surface area (Å²) in [6.07, 6.45) is 0. The third-order valence-corrected chi connectivity index (χ3v) is 7.23. The fourth-order valence-electron chi connectivity index (χ4n) is 4.57. The Hall–Kier alpha value is -3.91. The topological polar surface area (TPSA) is 97.0 Å². The average Bonchev–Trinajstić information content (AvgIpc) is 3.14. The lowest BCUT2D eigenvalue weighted by molar-refractivity contribution is 0.0970. The summed E-state index contributed by atoms with van der Waals surface area (Å²) in [6.45, 7) is 5.29. The largest absolute Gasteiger partial charge is 0.503 e. The number of aryl methyl sites for hydroxylation is 2. The van der Waals surface area contributed by atoms with Crippen molar-refractivity contribution < 1.29 is 23.8 Å². The summed E-state index contributed by atoms with van der Waals surface area (Å²) in [5.74, 6) is -0.538. The molecular formula is C28H22BrNO6. The molecule has 2 heterocycles. The first-order chi connectivity index (χ1) is 17.1. The summed E-state index contributed by atoms with van der Waals surface area (Å²) in [5, 5.41) is 10.7. The highest BCUT2D eigenvalue weighted by Gasteiger charge is 2.44. The van der Waals surface area contributed by atoms with Crippen molar-refractivity contribution in [1.82, 2.24) is 0 Å². The Morgan fingerprint density at radius 1 is 1.06 bits per heavy atom. The number of carbonyl (C=O) groups is 2. The minimum atomic E-state index is -0.858. The zero-order valence-electron chi connectivity index (χ0n) is 20.0. The van der Waals surface area contributed by atoms with Crippen LogP contribution < -0.4 is 15.1 Å². The van der Waals surface area contributed by atoms with Gasteiger partial charge in [-0.1, -0.05) is 0 Å². The Kier molecular flexibility index (Phi) is 5.71. The Morgan fingerprint density at radius 3 is 2.36 bits per heavy atom. The number of halogens is 1. The van der Waals surface area contributed by atoms with Crippen LogP contribution in [0.4, 0.5) is 5.69 Å². The monoisotopic (exact) mass is 547 g/mol. The minimum absolute atomic E-state index is 0.0421. The molecule has 0 spiro atoms. The summed E-state index contributed by atoms with van der Waals surface area (Å²) < 4.78 is 11.8. The maximum absolute atomic E-state index is 13.9. The summed E-state index contributed by atoms with van der Waals surface area (Å²) >= 11 is 3.34. The van der Waals surface area contributed by atoms with E-state index in [2.05, 4.69) is 15.9 Å². The average molecular weight is 548 g/mol. The van der Waals surface area contributed by atoms with Gasteiger partial charge < -0.3 is 14.3 Å².